The average molecular weight is 281 g/mol. The number of ether oxygens (including phenoxy) is 1. The molecule has 0 aliphatic carbocycles. The summed E-state index contributed by atoms with van der Waals surface area (Å²) in [6, 6.07) is 1.01. The van der Waals surface area contributed by atoms with Crippen LogP contribution in [-0.2, 0) is 0 Å². The summed E-state index contributed by atoms with van der Waals surface area (Å²) in [6.07, 6.45) is -0.228. The first-order valence-corrected chi connectivity index (χ1v) is 5.29. The molecule has 14 heavy (non-hydrogen) atoms. The molecular weight excluding hydrogens is 272 g/mol. The lowest BCUT2D eigenvalue weighted by Crippen LogP contribution is -2.22. The van der Waals surface area contributed by atoms with Crippen LogP contribution < -0.4 is 10.5 Å². The van der Waals surface area contributed by atoms with Crippen molar-refractivity contribution in [1.82, 2.24) is 0 Å². The lowest BCUT2D eigenvalue weighted by Gasteiger charge is -2.07. The third-order valence-electron chi connectivity index (χ3n) is 2.30. The summed E-state index contributed by atoms with van der Waals surface area (Å²) in [7, 11) is 0. The Hall–Kier alpha value is -0.320. The van der Waals surface area contributed by atoms with Gasteiger partial charge in [-0.25, -0.2) is 4.39 Å². The quantitative estimate of drug-likeness (QED) is 0.742. The number of hydrogen-bond donors (Lipinski definition) is 1. The molecule has 0 fully saturated rings. The number of halogens is 3. The van der Waals surface area contributed by atoms with Crippen LogP contribution in [0.2, 0.25) is 5.02 Å². The maximum absolute atomic E-state index is 13.6. The topological polar surface area (TPSA) is 35.2 Å². The molecule has 1 aliphatic rings. The van der Waals surface area contributed by atoms with Crippen molar-refractivity contribution in [1.29, 1.82) is 0 Å². The van der Waals surface area contributed by atoms with Crippen LogP contribution in [-0.4, -0.2) is 6.10 Å². The van der Waals surface area contributed by atoms with E-state index in [9.17, 15) is 4.39 Å². The monoisotopic (exact) mass is 279 g/mol. The fourth-order valence-electron chi connectivity index (χ4n) is 1.51. The maximum atomic E-state index is 13.6. The van der Waals surface area contributed by atoms with Gasteiger partial charge in [0, 0.05) is 0 Å². The molecule has 2 rings (SSSR count). The van der Waals surface area contributed by atoms with Crippen molar-refractivity contribution in [3.05, 3.63) is 26.9 Å². The molecule has 0 aromatic heterocycles. The third kappa shape index (κ3) is 1.33. The van der Waals surface area contributed by atoms with Crippen molar-refractivity contribution in [3.8, 4) is 5.75 Å². The molecule has 2 N–H and O–H groups in total. The molecule has 2 atom stereocenters. The van der Waals surface area contributed by atoms with Gasteiger partial charge in [0.2, 0.25) is 0 Å². The van der Waals surface area contributed by atoms with Gasteiger partial charge < -0.3 is 10.5 Å². The molecule has 1 aliphatic heterocycles. The molecule has 0 saturated heterocycles. The zero-order chi connectivity index (χ0) is 10.5. The van der Waals surface area contributed by atoms with E-state index < -0.39 is 11.9 Å². The van der Waals surface area contributed by atoms with E-state index in [4.69, 9.17) is 22.1 Å². The van der Waals surface area contributed by atoms with Gasteiger partial charge in [-0.2, -0.15) is 0 Å². The summed E-state index contributed by atoms with van der Waals surface area (Å²) in [4.78, 5) is 0. The Kier molecular flexibility index (Phi) is 2.45. The summed E-state index contributed by atoms with van der Waals surface area (Å²) in [5.41, 5.74) is 6.14. The van der Waals surface area contributed by atoms with E-state index in [2.05, 4.69) is 15.9 Å². The molecule has 1 heterocycles. The summed E-state index contributed by atoms with van der Waals surface area (Å²) in [5, 5.41) is 0.0591. The Morgan fingerprint density at radius 2 is 2.29 bits per heavy atom. The number of nitrogens with two attached hydrogens (primary N) is 1. The van der Waals surface area contributed by atoms with Gasteiger partial charge in [-0.3, -0.25) is 0 Å². The van der Waals surface area contributed by atoms with Gasteiger partial charge >= 0.3 is 0 Å². The lowest BCUT2D eigenvalue weighted by atomic mass is 10.1. The minimum absolute atomic E-state index is 0.0591. The normalized spacial score (nSPS) is 24.6. The summed E-state index contributed by atoms with van der Waals surface area (Å²) in [5.74, 6) is -0.0198. The highest BCUT2D eigenvalue weighted by Gasteiger charge is 2.34. The molecule has 2 unspecified atom stereocenters. The molecule has 0 saturated carbocycles. The highest BCUT2D eigenvalue weighted by molar-refractivity contribution is 9.10. The van der Waals surface area contributed by atoms with Crippen molar-refractivity contribution in [2.45, 2.75) is 19.1 Å². The van der Waals surface area contributed by atoms with Crippen LogP contribution in [0, 0.1) is 5.82 Å². The SMILES string of the molecule is CC1Oc2c(Br)cc(Cl)c(F)c2C1N. The van der Waals surface area contributed by atoms with Gasteiger partial charge in [0.25, 0.3) is 0 Å². The van der Waals surface area contributed by atoms with Gasteiger partial charge in [-0.1, -0.05) is 11.6 Å². The van der Waals surface area contributed by atoms with Crippen molar-refractivity contribution >= 4 is 27.5 Å². The predicted octanol–water partition coefficient (Wildman–Crippen LogP) is 3.02. The smallest absolute Gasteiger partial charge is 0.150 e. The first kappa shape index (κ1) is 10.2. The Bertz CT molecular complexity index is 399. The Morgan fingerprint density at radius 3 is 2.93 bits per heavy atom. The highest BCUT2D eigenvalue weighted by Crippen LogP contribution is 2.44. The fraction of sp³-hybridized carbons (Fsp3) is 0.333. The van der Waals surface area contributed by atoms with Gasteiger partial charge in [-0.15, -0.1) is 0 Å². The fourth-order valence-corrected chi connectivity index (χ4v) is 2.39. The van der Waals surface area contributed by atoms with Gasteiger partial charge in [-0.05, 0) is 28.9 Å². The van der Waals surface area contributed by atoms with Gasteiger partial charge in [0.15, 0.2) is 0 Å². The van der Waals surface area contributed by atoms with Crippen LogP contribution >= 0.6 is 27.5 Å². The molecule has 0 radical (unpaired) electrons. The molecule has 1 aromatic rings. The number of benzene rings is 1. The van der Waals surface area contributed by atoms with Gasteiger partial charge in [0.05, 0.1) is 21.1 Å². The van der Waals surface area contributed by atoms with Crippen molar-refractivity contribution in [2.24, 2.45) is 5.73 Å². The Labute approximate surface area is 94.3 Å². The number of rotatable bonds is 0. The average Bonchev–Trinajstić information content (AvgIpc) is 2.41. The first-order valence-electron chi connectivity index (χ1n) is 4.12. The zero-order valence-electron chi connectivity index (χ0n) is 7.35. The van der Waals surface area contributed by atoms with E-state index in [0.717, 1.165) is 0 Å². The second-order valence-electron chi connectivity index (χ2n) is 3.25. The standard InChI is InChI=1S/C9H8BrClFNO/c1-3-8(13)6-7(12)5(11)2-4(10)9(6)14-3/h2-3,8H,13H2,1H3. The Balaban J connectivity index is 2.67. The van der Waals surface area contributed by atoms with Crippen LogP contribution in [0.15, 0.2) is 10.5 Å². The third-order valence-corrected chi connectivity index (χ3v) is 3.17. The molecule has 5 heteroatoms. The Morgan fingerprint density at radius 1 is 1.64 bits per heavy atom. The zero-order valence-corrected chi connectivity index (χ0v) is 9.69. The summed E-state index contributed by atoms with van der Waals surface area (Å²) in [6.45, 7) is 1.80. The molecule has 76 valence electrons. The van der Waals surface area contributed by atoms with Crippen molar-refractivity contribution < 1.29 is 9.13 Å². The van der Waals surface area contributed by atoms with E-state index in [1.165, 1.54) is 6.07 Å². The van der Waals surface area contributed by atoms with Crippen LogP contribution in [0.25, 0.3) is 0 Å². The van der Waals surface area contributed by atoms with Crippen molar-refractivity contribution in [3.63, 3.8) is 0 Å². The van der Waals surface area contributed by atoms with E-state index in [0.29, 0.717) is 15.8 Å². The lowest BCUT2D eigenvalue weighted by molar-refractivity contribution is 0.227. The molecule has 0 spiro atoms. The first-order chi connectivity index (χ1) is 6.52. The maximum Gasteiger partial charge on any atom is 0.150 e. The van der Waals surface area contributed by atoms with E-state index in [1.54, 1.807) is 6.92 Å². The number of hydrogen-bond acceptors (Lipinski definition) is 2. The minimum Gasteiger partial charge on any atom is -0.487 e. The molecule has 0 amide bonds. The van der Waals surface area contributed by atoms with Crippen LogP contribution in [0.3, 0.4) is 0 Å². The van der Waals surface area contributed by atoms with E-state index in [-0.39, 0.29) is 11.1 Å². The van der Waals surface area contributed by atoms with Crippen molar-refractivity contribution in [2.75, 3.05) is 0 Å². The molecule has 2 nitrogen and oxygen atoms in total. The highest BCUT2D eigenvalue weighted by atomic mass is 79.9. The summed E-state index contributed by atoms with van der Waals surface area (Å²) >= 11 is 8.95. The van der Waals surface area contributed by atoms with E-state index in [1.807, 2.05) is 0 Å². The second kappa shape index (κ2) is 3.36. The second-order valence-corrected chi connectivity index (χ2v) is 4.51. The molecule has 1 aromatic carbocycles. The van der Waals surface area contributed by atoms with Crippen LogP contribution in [0.4, 0.5) is 4.39 Å². The molecule has 0 bridgehead atoms. The van der Waals surface area contributed by atoms with Crippen LogP contribution in [0.1, 0.15) is 18.5 Å². The van der Waals surface area contributed by atoms with Crippen LogP contribution in [0.5, 0.6) is 5.75 Å². The van der Waals surface area contributed by atoms with Gasteiger partial charge in [0.1, 0.15) is 17.7 Å². The minimum atomic E-state index is -0.485. The molecular formula is C9H8BrClFNO. The number of fused-ring (bicyclic) bond motifs is 1. The predicted molar refractivity (Wildman–Crippen MR) is 56.1 cm³/mol. The van der Waals surface area contributed by atoms with E-state index >= 15 is 0 Å². The summed E-state index contributed by atoms with van der Waals surface area (Å²) < 4.78 is 19.6. The largest absolute Gasteiger partial charge is 0.487 e.